The number of hydrogen-bond acceptors (Lipinski definition) is 4. The van der Waals surface area contributed by atoms with Crippen molar-refractivity contribution in [3.63, 3.8) is 0 Å². The van der Waals surface area contributed by atoms with Crippen molar-refractivity contribution >= 4 is 53.6 Å². The number of carbonyl (C=O) groups excluding carboxylic acids is 1. The molecule has 0 aromatic carbocycles. The minimum Gasteiger partial charge on any atom is -0.286 e. The quantitative estimate of drug-likeness (QED) is 0.858. The van der Waals surface area contributed by atoms with Gasteiger partial charge in [0.15, 0.2) is 0 Å². The zero-order valence-electron chi connectivity index (χ0n) is 6.66. The molecule has 0 atom stereocenters. The van der Waals surface area contributed by atoms with E-state index in [-0.39, 0.29) is 19.7 Å². The predicted molar refractivity (Wildman–Crippen MR) is 58.3 cm³/mol. The fourth-order valence-electron chi connectivity index (χ4n) is 0.893. The van der Waals surface area contributed by atoms with E-state index in [1.807, 2.05) is 0 Å². The first kappa shape index (κ1) is 12.1. The summed E-state index contributed by atoms with van der Waals surface area (Å²) in [5.74, 6) is 0. The van der Waals surface area contributed by atoms with E-state index < -0.39 is 10.0 Å². The Morgan fingerprint density at radius 3 is 2.64 bits per heavy atom. The van der Waals surface area contributed by atoms with E-state index in [9.17, 15) is 13.2 Å². The molecule has 0 aliphatic carbocycles. The molecule has 0 aliphatic rings. The van der Waals surface area contributed by atoms with Gasteiger partial charge in [-0.15, -0.1) is 11.3 Å². The van der Waals surface area contributed by atoms with Crippen molar-refractivity contribution in [3.8, 4) is 0 Å². The Labute approximate surface area is 98.2 Å². The maximum Gasteiger partial charge on any atom is 0.247 e. The smallest absolute Gasteiger partial charge is 0.247 e. The number of primary sulfonamides is 1. The summed E-state index contributed by atoms with van der Waals surface area (Å²) in [6.45, 7) is 0. The standard InChI is InChI=1S/C6H5BrClNO3S2/c7-4(10)1-3-2-5(8)13-6(3)14(9,11)12/h2H,1H2,(H2,9,11,12). The van der Waals surface area contributed by atoms with Crippen molar-refractivity contribution < 1.29 is 13.2 Å². The van der Waals surface area contributed by atoms with Crippen LogP contribution in [0.5, 0.6) is 0 Å². The van der Waals surface area contributed by atoms with Gasteiger partial charge in [-0.25, -0.2) is 13.6 Å². The van der Waals surface area contributed by atoms with Gasteiger partial charge in [0.2, 0.25) is 14.7 Å². The van der Waals surface area contributed by atoms with E-state index in [1.54, 1.807) is 0 Å². The molecular formula is C6H5BrClNO3S2. The maximum absolute atomic E-state index is 11.1. The maximum atomic E-state index is 11.1. The van der Waals surface area contributed by atoms with Crippen LogP contribution in [0, 0.1) is 0 Å². The van der Waals surface area contributed by atoms with E-state index in [0.717, 1.165) is 11.3 Å². The van der Waals surface area contributed by atoms with Crippen LogP contribution in [0.2, 0.25) is 4.34 Å². The van der Waals surface area contributed by atoms with Gasteiger partial charge < -0.3 is 0 Å². The van der Waals surface area contributed by atoms with Gasteiger partial charge >= 0.3 is 0 Å². The van der Waals surface area contributed by atoms with E-state index in [0.29, 0.717) is 5.56 Å². The molecule has 1 aromatic rings. The third-order valence-electron chi connectivity index (χ3n) is 1.33. The number of sulfonamides is 1. The lowest BCUT2D eigenvalue weighted by atomic mass is 10.3. The van der Waals surface area contributed by atoms with Gasteiger partial charge in [-0.1, -0.05) is 11.6 Å². The molecule has 1 aromatic heterocycles. The van der Waals surface area contributed by atoms with E-state index in [4.69, 9.17) is 16.7 Å². The Hall–Kier alpha value is 0.0500. The highest BCUT2D eigenvalue weighted by molar-refractivity contribution is 9.18. The fraction of sp³-hybridized carbons (Fsp3) is 0.167. The van der Waals surface area contributed by atoms with Crippen LogP contribution in [0.15, 0.2) is 10.3 Å². The molecule has 0 amide bonds. The van der Waals surface area contributed by atoms with Gasteiger partial charge in [0.05, 0.1) is 4.34 Å². The second-order valence-electron chi connectivity index (χ2n) is 2.44. The molecule has 0 saturated carbocycles. The molecular weight excluding hydrogens is 314 g/mol. The summed E-state index contributed by atoms with van der Waals surface area (Å²) >= 11 is 9.18. The second kappa shape index (κ2) is 4.28. The van der Waals surface area contributed by atoms with Crippen LogP contribution < -0.4 is 5.14 Å². The summed E-state index contributed by atoms with van der Waals surface area (Å²) in [7, 11) is -3.80. The minimum atomic E-state index is -3.80. The van der Waals surface area contributed by atoms with E-state index in [1.165, 1.54) is 6.07 Å². The lowest BCUT2D eigenvalue weighted by molar-refractivity contribution is -0.109. The van der Waals surface area contributed by atoms with Gasteiger partial charge in [0.25, 0.3) is 0 Å². The van der Waals surface area contributed by atoms with Gasteiger partial charge in [0, 0.05) is 6.42 Å². The Balaban J connectivity index is 3.23. The van der Waals surface area contributed by atoms with Crippen molar-refractivity contribution in [2.75, 3.05) is 0 Å². The van der Waals surface area contributed by atoms with Crippen LogP contribution in [-0.4, -0.2) is 13.1 Å². The summed E-state index contributed by atoms with van der Waals surface area (Å²) in [6, 6.07) is 1.42. The Morgan fingerprint density at radius 1 is 1.64 bits per heavy atom. The molecule has 8 heteroatoms. The minimum absolute atomic E-state index is 0.0466. The van der Waals surface area contributed by atoms with E-state index >= 15 is 0 Å². The van der Waals surface area contributed by atoms with Crippen molar-refractivity contribution in [1.29, 1.82) is 0 Å². The number of thiophene rings is 1. The number of hydrogen-bond donors (Lipinski definition) is 1. The average molecular weight is 319 g/mol. The normalized spacial score (nSPS) is 11.6. The molecule has 14 heavy (non-hydrogen) atoms. The van der Waals surface area contributed by atoms with E-state index in [2.05, 4.69) is 15.9 Å². The molecule has 0 bridgehead atoms. The highest BCUT2D eigenvalue weighted by atomic mass is 79.9. The largest absolute Gasteiger partial charge is 0.286 e. The zero-order chi connectivity index (χ0) is 10.9. The molecule has 0 spiro atoms. The summed E-state index contributed by atoms with van der Waals surface area (Å²) in [4.78, 5) is 10.7. The summed E-state index contributed by atoms with van der Waals surface area (Å²) in [6.07, 6.45) is -0.0466. The number of nitrogens with two attached hydrogens (primary N) is 1. The van der Waals surface area contributed by atoms with Gasteiger partial charge in [-0.05, 0) is 27.6 Å². The highest BCUT2D eigenvalue weighted by Gasteiger charge is 2.19. The molecule has 1 rings (SSSR count). The van der Waals surface area contributed by atoms with Crippen LogP contribution in [0.25, 0.3) is 0 Å². The molecule has 0 unspecified atom stereocenters. The Kier molecular flexibility index (Phi) is 3.70. The third-order valence-corrected chi connectivity index (χ3v) is 4.44. The highest BCUT2D eigenvalue weighted by Crippen LogP contribution is 2.30. The molecule has 78 valence electrons. The Morgan fingerprint density at radius 2 is 2.21 bits per heavy atom. The summed E-state index contributed by atoms with van der Waals surface area (Å²) < 4.78 is 22.0. The first-order valence-corrected chi connectivity index (χ1v) is 6.83. The van der Waals surface area contributed by atoms with Crippen molar-refractivity contribution in [1.82, 2.24) is 0 Å². The molecule has 0 aliphatic heterocycles. The monoisotopic (exact) mass is 317 g/mol. The molecule has 0 fully saturated rings. The second-order valence-corrected chi connectivity index (χ2v) is 6.76. The van der Waals surface area contributed by atoms with Crippen molar-refractivity contribution in [2.45, 2.75) is 10.6 Å². The molecule has 1 heterocycles. The van der Waals surface area contributed by atoms with Crippen LogP contribution >= 0.6 is 38.9 Å². The first-order valence-electron chi connectivity index (χ1n) is 3.30. The zero-order valence-corrected chi connectivity index (χ0v) is 10.6. The number of halogens is 2. The third kappa shape index (κ3) is 3.03. The molecule has 0 saturated heterocycles. The predicted octanol–water partition coefficient (Wildman–Crippen LogP) is 1.51. The fourth-order valence-corrected chi connectivity index (χ4v) is 3.57. The molecule has 0 radical (unpaired) electrons. The first-order chi connectivity index (χ1) is 6.30. The van der Waals surface area contributed by atoms with Gasteiger partial charge in [-0.2, -0.15) is 0 Å². The Bertz CT molecular complexity index is 467. The van der Waals surface area contributed by atoms with Crippen molar-refractivity contribution in [2.24, 2.45) is 5.14 Å². The summed E-state index contributed by atoms with van der Waals surface area (Å²) in [5, 5.41) is 4.94. The number of carbonyl (C=O) groups is 1. The molecule has 2 N–H and O–H groups in total. The van der Waals surface area contributed by atoms with Crippen LogP contribution in [0.4, 0.5) is 0 Å². The average Bonchev–Trinajstić information content (AvgIpc) is 2.28. The lowest BCUT2D eigenvalue weighted by Gasteiger charge is -1.96. The molecule has 4 nitrogen and oxygen atoms in total. The SMILES string of the molecule is NS(=O)(=O)c1sc(Cl)cc1CC(=O)Br. The lowest BCUT2D eigenvalue weighted by Crippen LogP contribution is -2.12. The van der Waals surface area contributed by atoms with Gasteiger partial charge in [0.1, 0.15) is 4.21 Å². The van der Waals surface area contributed by atoms with Gasteiger partial charge in [-0.3, -0.25) is 4.79 Å². The number of rotatable bonds is 3. The summed E-state index contributed by atoms with van der Waals surface area (Å²) in [5.41, 5.74) is 0.323. The van der Waals surface area contributed by atoms with Crippen LogP contribution in [-0.2, 0) is 21.2 Å². The van der Waals surface area contributed by atoms with Crippen LogP contribution in [0.3, 0.4) is 0 Å². The topological polar surface area (TPSA) is 77.2 Å². The van der Waals surface area contributed by atoms with Crippen molar-refractivity contribution in [3.05, 3.63) is 16.0 Å². The van der Waals surface area contributed by atoms with Crippen LogP contribution in [0.1, 0.15) is 5.56 Å².